The van der Waals surface area contributed by atoms with Gasteiger partial charge < -0.3 is 25.2 Å². The van der Waals surface area contributed by atoms with Crippen molar-refractivity contribution < 1.29 is 24.2 Å². The summed E-state index contributed by atoms with van der Waals surface area (Å²) in [4.78, 5) is 21.9. The molecule has 0 rings (SSSR count). The molecule has 0 aromatic rings. The highest BCUT2D eigenvalue weighted by Gasteiger charge is 2.18. The monoisotopic (exact) mass is 234 g/mol. The molecule has 0 spiro atoms. The van der Waals surface area contributed by atoms with Crippen molar-refractivity contribution >= 4 is 12.0 Å². The summed E-state index contributed by atoms with van der Waals surface area (Å²) in [7, 11) is 2.94. The third kappa shape index (κ3) is 7.02. The van der Waals surface area contributed by atoms with Crippen molar-refractivity contribution in [1.82, 2.24) is 10.6 Å². The molecule has 3 N–H and O–H groups in total. The summed E-state index contributed by atoms with van der Waals surface area (Å²) in [6.07, 6.45) is 0.673. The summed E-state index contributed by atoms with van der Waals surface area (Å²) in [6, 6.07) is -1.56. The van der Waals surface area contributed by atoms with E-state index >= 15 is 0 Å². The Morgan fingerprint density at radius 1 is 1.31 bits per heavy atom. The second kappa shape index (κ2) is 8.93. The fraction of sp³-hybridized carbons (Fsp3) is 0.778. The summed E-state index contributed by atoms with van der Waals surface area (Å²) in [6.45, 7) is 0.903. The predicted octanol–water partition coefficient (Wildman–Crippen LogP) is -0.578. The van der Waals surface area contributed by atoms with E-state index in [1.165, 1.54) is 7.11 Å². The first-order chi connectivity index (χ1) is 7.61. The van der Waals surface area contributed by atoms with Crippen LogP contribution in [-0.4, -0.2) is 57.1 Å². The Morgan fingerprint density at radius 3 is 2.50 bits per heavy atom. The van der Waals surface area contributed by atoms with Crippen LogP contribution in [-0.2, 0) is 14.3 Å². The lowest BCUT2D eigenvalue weighted by atomic mass is 10.3. The van der Waals surface area contributed by atoms with Gasteiger partial charge in [0, 0.05) is 27.4 Å². The fourth-order valence-corrected chi connectivity index (χ4v) is 0.969. The third-order valence-corrected chi connectivity index (χ3v) is 1.75. The van der Waals surface area contributed by atoms with Crippen LogP contribution in [0.1, 0.15) is 6.42 Å². The summed E-state index contributed by atoms with van der Waals surface area (Å²) in [5.74, 6) is -1.13. The van der Waals surface area contributed by atoms with Gasteiger partial charge >= 0.3 is 12.0 Å². The molecule has 0 heterocycles. The van der Waals surface area contributed by atoms with Gasteiger partial charge in [-0.15, -0.1) is 0 Å². The molecule has 0 aromatic carbocycles. The number of rotatable bonds is 8. The van der Waals surface area contributed by atoms with Crippen LogP contribution < -0.4 is 10.6 Å². The zero-order chi connectivity index (χ0) is 12.4. The van der Waals surface area contributed by atoms with Crippen LogP contribution in [0.3, 0.4) is 0 Å². The van der Waals surface area contributed by atoms with Crippen molar-refractivity contribution in [2.75, 3.05) is 34.0 Å². The maximum Gasteiger partial charge on any atom is 0.328 e. The first-order valence-corrected chi connectivity index (χ1v) is 4.86. The molecular formula is C9H18N2O5. The molecular weight excluding hydrogens is 216 g/mol. The number of aliphatic carboxylic acids is 1. The number of hydrogen-bond donors (Lipinski definition) is 3. The van der Waals surface area contributed by atoms with Gasteiger partial charge in [-0.2, -0.15) is 0 Å². The molecule has 1 unspecified atom stereocenters. The molecule has 0 bridgehead atoms. The smallest absolute Gasteiger partial charge is 0.328 e. The molecule has 0 fully saturated rings. The number of hydrogen-bond acceptors (Lipinski definition) is 4. The number of carboxylic acids is 1. The van der Waals surface area contributed by atoms with Crippen molar-refractivity contribution in [3.63, 3.8) is 0 Å². The normalized spacial score (nSPS) is 11.9. The van der Waals surface area contributed by atoms with Crippen molar-refractivity contribution in [3.8, 4) is 0 Å². The van der Waals surface area contributed by atoms with Gasteiger partial charge in [0.25, 0.3) is 0 Å². The number of carbonyl (C=O) groups is 2. The van der Waals surface area contributed by atoms with E-state index in [0.29, 0.717) is 19.6 Å². The molecule has 1 atom stereocenters. The minimum absolute atomic E-state index is 0.0686. The van der Waals surface area contributed by atoms with Gasteiger partial charge in [0.1, 0.15) is 0 Å². The lowest BCUT2D eigenvalue weighted by Crippen LogP contribution is -2.48. The Kier molecular flexibility index (Phi) is 8.18. The van der Waals surface area contributed by atoms with E-state index in [1.54, 1.807) is 7.11 Å². The van der Waals surface area contributed by atoms with Gasteiger partial charge in [-0.25, -0.2) is 9.59 Å². The number of urea groups is 1. The van der Waals surface area contributed by atoms with Crippen LogP contribution in [0.5, 0.6) is 0 Å². The van der Waals surface area contributed by atoms with Crippen molar-refractivity contribution in [2.24, 2.45) is 0 Å². The van der Waals surface area contributed by atoms with Crippen molar-refractivity contribution in [1.29, 1.82) is 0 Å². The standard InChI is InChI=1S/C9H18N2O5/c1-15-5-3-4-10-9(14)11-7(6-16-2)8(12)13/h7H,3-6H2,1-2H3,(H,12,13)(H2,10,11,14). The van der Waals surface area contributed by atoms with Gasteiger partial charge in [-0.1, -0.05) is 0 Å². The number of nitrogens with one attached hydrogen (secondary N) is 2. The number of methoxy groups -OCH3 is 2. The Labute approximate surface area is 94.1 Å². The summed E-state index contributed by atoms with van der Waals surface area (Å²) in [5, 5.41) is 13.5. The highest BCUT2D eigenvalue weighted by molar-refractivity contribution is 5.82. The number of amides is 2. The molecule has 0 saturated heterocycles. The Hall–Kier alpha value is -1.34. The molecule has 0 radical (unpaired) electrons. The van der Waals surface area contributed by atoms with E-state index in [4.69, 9.17) is 9.84 Å². The van der Waals surface area contributed by atoms with Gasteiger partial charge in [-0.05, 0) is 6.42 Å². The molecule has 94 valence electrons. The van der Waals surface area contributed by atoms with Crippen LogP contribution in [0.25, 0.3) is 0 Å². The van der Waals surface area contributed by atoms with Crippen molar-refractivity contribution in [2.45, 2.75) is 12.5 Å². The zero-order valence-electron chi connectivity index (χ0n) is 9.49. The van der Waals surface area contributed by atoms with E-state index in [-0.39, 0.29) is 6.61 Å². The lowest BCUT2D eigenvalue weighted by Gasteiger charge is -2.13. The van der Waals surface area contributed by atoms with Gasteiger partial charge in [0.15, 0.2) is 6.04 Å². The Morgan fingerprint density at radius 2 is 2.00 bits per heavy atom. The van der Waals surface area contributed by atoms with E-state index in [9.17, 15) is 9.59 Å². The average Bonchev–Trinajstić information content (AvgIpc) is 2.23. The topological polar surface area (TPSA) is 96.9 Å². The lowest BCUT2D eigenvalue weighted by molar-refractivity contribution is -0.140. The molecule has 0 aliphatic carbocycles. The van der Waals surface area contributed by atoms with E-state index in [1.807, 2.05) is 0 Å². The quantitative estimate of drug-likeness (QED) is 0.488. The molecule has 7 nitrogen and oxygen atoms in total. The van der Waals surface area contributed by atoms with Crippen LogP contribution in [0.4, 0.5) is 4.79 Å². The molecule has 0 aliphatic rings. The van der Waals surface area contributed by atoms with E-state index < -0.39 is 18.0 Å². The molecule has 0 aliphatic heterocycles. The Bertz CT molecular complexity index is 222. The first-order valence-electron chi connectivity index (χ1n) is 4.86. The van der Waals surface area contributed by atoms with Crippen LogP contribution in [0.15, 0.2) is 0 Å². The SMILES string of the molecule is COCCCNC(=O)NC(COC)C(=O)O. The minimum atomic E-state index is -1.13. The molecule has 0 aromatic heterocycles. The molecule has 2 amide bonds. The number of carbonyl (C=O) groups excluding carboxylic acids is 1. The first kappa shape index (κ1) is 14.7. The fourth-order valence-electron chi connectivity index (χ4n) is 0.969. The van der Waals surface area contributed by atoms with Crippen molar-refractivity contribution in [3.05, 3.63) is 0 Å². The number of ether oxygens (including phenoxy) is 2. The summed E-state index contributed by atoms with van der Waals surface area (Å²) >= 11 is 0. The minimum Gasteiger partial charge on any atom is -0.480 e. The van der Waals surface area contributed by atoms with Crippen LogP contribution >= 0.6 is 0 Å². The van der Waals surface area contributed by atoms with Crippen LogP contribution in [0.2, 0.25) is 0 Å². The second-order valence-electron chi connectivity index (χ2n) is 3.09. The van der Waals surface area contributed by atoms with E-state index in [2.05, 4.69) is 15.4 Å². The maximum atomic E-state index is 11.2. The Balaban J connectivity index is 3.77. The summed E-state index contributed by atoms with van der Waals surface area (Å²) in [5.41, 5.74) is 0. The van der Waals surface area contributed by atoms with Gasteiger partial charge in [0.05, 0.1) is 6.61 Å². The molecule has 0 saturated carbocycles. The largest absolute Gasteiger partial charge is 0.480 e. The molecule has 7 heteroatoms. The highest BCUT2D eigenvalue weighted by Crippen LogP contribution is 1.86. The van der Waals surface area contributed by atoms with Gasteiger partial charge in [0.2, 0.25) is 0 Å². The molecule has 16 heavy (non-hydrogen) atoms. The van der Waals surface area contributed by atoms with E-state index in [0.717, 1.165) is 0 Å². The van der Waals surface area contributed by atoms with Gasteiger partial charge in [-0.3, -0.25) is 0 Å². The maximum absolute atomic E-state index is 11.2. The number of carboxylic acid groups (broad SMARTS) is 1. The highest BCUT2D eigenvalue weighted by atomic mass is 16.5. The second-order valence-corrected chi connectivity index (χ2v) is 3.09. The zero-order valence-corrected chi connectivity index (χ0v) is 9.49. The predicted molar refractivity (Wildman–Crippen MR) is 56.3 cm³/mol. The average molecular weight is 234 g/mol. The summed E-state index contributed by atoms with van der Waals surface area (Å²) < 4.78 is 9.46. The van der Waals surface area contributed by atoms with Crippen LogP contribution in [0, 0.1) is 0 Å². The third-order valence-electron chi connectivity index (χ3n) is 1.75.